The molecule has 9 heteroatoms. The summed E-state index contributed by atoms with van der Waals surface area (Å²) in [6.45, 7) is 7.52. The lowest BCUT2D eigenvalue weighted by Crippen LogP contribution is -2.62. The first-order chi connectivity index (χ1) is 18.0. The maximum absolute atomic E-state index is 13.1. The fourth-order valence-electron chi connectivity index (χ4n) is 4.23. The Bertz CT molecular complexity index is 985. The molecule has 210 valence electrons. The highest BCUT2D eigenvalue weighted by Gasteiger charge is 2.57. The normalized spacial score (nSPS) is 24.7. The second-order valence-electron chi connectivity index (χ2n) is 9.98. The van der Waals surface area contributed by atoms with Crippen LogP contribution in [-0.4, -0.2) is 72.4 Å². The molecule has 5 atom stereocenters. The topological polar surface area (TPSA) is 129 Å². The Morgan fingerprint density at radius 3 is 2.55 bits per heavy atom. The van der Waals surface area contributed by atoms with Gasteiger partial charge in [0, 0.05) is 24.5 Å². The lowest BCUT2D eigenvalue weighted by Gasteiger charge is -2.50. The van der Waals surface area contributed by atoms with Crippen LogP contribution in [0.2, 0.25) is 0 Å². The van der Waals surface area contributed by atoms with Gasteiger partial charge < -0.3 is 29.2 Å². The fourth-order valence-corrected chi connectivity index (χ4v) is 4.23. The van der Waals surface area contributed by atoms with Crippen LogP contribution in [-0.2, 0) is 28.5 Å². The van der Waals surface area contributed by atoms with Crippen molar-refractivity contribution in [1.82, 2.24) is 0 Å². The van der Waals surface area contributed by atoms with Crippen LogP contribution in [0.3, 0.4) is 0 Å². The second-order valence-corrected chi connectivity index (χ2v) is 9.98. The molecule has 0 radical (unpaired) electrons. The Morgan fingerprint density at radius 1 is 1.26 bits per heavy atom. The van der Waals surface area contributed by atoms with E-state index in [-0.39, 0.29) is 24.0 Å². The second kappa shape index (κ2) is 14.3. The Morgan fingerprint density at radius 2 is 1.95 bits per heavy atom. The third-order valence-electron chi connectivity index (χ3n) is 6.68. The number of unbranched alkanes of at least 4 members (excludes halogenated alkanes) is 1. The van der Waals surface area contributed by atoms with Gasteiger partial charge in [-0.3, -0.25) is 4.79 Å². The van der Waals surface area contributed by atoms with Gasteiger partial charge in [0.25, 0.3) is 0 Å². The van der Waals surface area contributed by atoms with Gasteiger partial charge in [-0.25, -0.2) is 9.59 Å². The van der Waals surface area contributed by atoms with Crippen molar-refractivity contribution in [1.29, 1.82) is 0 Å². The molecule has 1 saturated heterocycles. The number of methoxy groups -OCH3 is 1. The molecule has 1 aromatic carbocycles. The molecule has 0 amide bonds. The van der Waals surface area contributed by atoms with Crippen molar-refractivity contribution in [3.05, 3.63) is 59.7 Å². The predicted octanol–water partition coefficient (Wildman–Crippen LogP) is 3.53. The van der Waals surface area contributed by atoms with E-state index in [9.17, 15) is 24.6 Å². The van der Waals surface area contributed by atoms with Crippen LogP contribution >= 0.6 is 0 Å². The van der Waals surface area contributed by atoms with Crippen LogP contribution in [0.4, 0.5) is 0 Å². The molecular weight excluding hydrogens is 492 g/mol. The fraction of sp³-hybridized carbons (Fsp3) is 0.552. The lowest BCUT2D eigenvalue weighted by molar-refractivity contribution is -0.324. The smallest absolute Gasteiger partial charge is 0.338 e. The first kappa shape index (κ1) is 31.4. The van der Waals surface area contributed by atoms with Crippen molar-refractivity contribution < 1.29 is 43.5 Å². The Hall–Kier alpha value is -2.85. The van der Waals surface area contributed by atoms with E-state index < -0.39 is 47.6 Å². The third-order valence-corrected chi connectivity index (χ3v) is 6.68. The molecule has 38 heavy (non-hydrogen) atoms. The number of aldehydes is 1. The molecule has 0 bridgehead atoms. The van der Waals surface area contributed by atoms with Gasteiger partial charge in [0.2, 0.25) is 5.79 Å². The van der Waals surface area contributed by atoms with Gasteiger partial charge >= 0.3 is 11.9 Å². The number of carbonyl (C=O) groups is 3. The summed E-state index contributed by atoms with van der Waals surface area (Å²) in [6, 6.07) is 8.21. The first-order valence-electron chi connectivity index (χ1n) is 12.9. The quantitative estimate of drug-likeness (QED) is 0.170. The van der Waals surface area contributed by atoms with Crippen LogP contribution < -0.4 is 0 Å². The number of benzene rings is 1. The molecule has 1 aliphatic heterocycles. The minimum absolute atomic E-state index is 0.0658. The highest BCUT2D eigenvalue weighted by molar-refractivity contribution is 5.90. The number of ether oxygens (including phenoxy) is 4. The highest BCUT2D eigenvalue weighted by Crippen LogP contribution is 2.46. The molecule has 1 fully saturated rings. The lowest BCUT2D eigenvalue weighted by atomic mass is 9.74. The number of rotatable bonds is 13. The van der Waals surface area contributed by atoms with E-state index >= 15 is 0 Å². The third kappa shape index (κ3) is 8.07. The predicted molar refractivity (Wildman–Crippen MR) is 140 cm³/mol. The summed E-state index contributed by atoms with van der Waals surface area (Å²) < 4.78 is 22.5. The van der Waals surface area contributed by atoms with Crippen molar-refractivity contribution >= 4 is 18.2 Å². The van der Waals surface area contributed by atoms with Crippen molar-refractivity contribution in [3.63, 3.8) is 0 Å². The minimum atomic E-state index is -2.22. The molecule has 1 heterocycles. The number of aliphatic hydroxyl groups excluding tert-OH is 1. The van der Waals surface area contributed by atoms with Gasteiger partial charge in [-0.15, -0.1) is 0 Å². The van der Waals surface area contributed by atoms with Gasteiger partial charge in [0.15, 0.2) is 6.10 Å². The van der Waals surface area contributed by atoms with Crippen molar-refractivity contribution in [2.45, 2.75) is 83.6 Å². The molecule has 0 saturated carbocycles. The summed E-state index contributed by atoms with van der Waals surface area (Å²) >= 11 is 0. The van der Waals surface area contributed by atoms with E-state index in [2.05, 4.69) is 0 Å². The Labute approximate surface area is 224 Å². The molecular formula is C29H40O9. The number of hydrogen-bond acceptors (Lipinski definition) is 9. The van der Waals surface area contributed by atoms with Crippen molar-refractivity contribution in [2.24, 2.45) is 5.41 Å². The zero-order chi connectivity index (χ0) is 28.3. The van der Waals surface area contributed by atoms with Gasteiger partial charge in [-0.1, -0.05) is 51.5 Å². The maximum Gasteiger partial charge on any atom is 0.338 e. The summed E-state index contributed by atoms with van der Waals surface area (Å²) in [7, 11) is 1.21. The SMILES string of the molecule is CCCCO[C@H](C)[C@H](O)C[C@@H]1C/C(=C\C(=O)OC)[C@H](OC(=O)c2ccccc2)[C@](O)(C(C)(C)/C=C/C=O)O1. The molecule has 2 N–H and O–H groups in total. The van der Waals surface area contributed by atoms with Crippen LogP contribution in [0.1, 0.15) is 63.7 Å². The molecule has 0 unspecified atom stereocenters. The summed E-state index contributed by atoms with van der Waals surface area (Å²) in [6.07, 6.45) is 2.68. The van der Waals surface area contributed by atoms with Gasteiger partial charge in [-0.05, 0) is 43.5 Å². The van der Waals surface area contributed by atoms with Crippen LogP contribution in [0.5, 0.6) is 0 Å². The standard InChI is InChI=1S/C29H40O9/c1-6-7-16-36-20(2)24(31)19-23-17-22(18-25(32)35-5)26(37-27(33)21-12-9-8-10-13-21)29(34,38-23)28(3,4)14-11-15-30/h8-15,18,20,23-24,26,31,34H,6-7,16-17,19H2,1-5H3/b14-11+,22-18+/t20-,23+,24-,26+,29-/m1/s1. The Balaban J connectivity index is 2.49. The average Bonchev–Trinajstić information content (AvgIpc) is 2.89. The van der Waals surface area contributed by atoms with E-state index in [1.807, 2.05) is 6.92 Å². The van der Waals surface area contributed by atoms with Crippen molar-refractivity contribution in [3.8, 4) is 0 Å². The molecule has 0 aliphatic carbocycles. The minimum Gasteiger partial charge on any atom is -0.466 e. The van der Waals surface area contributed by atoms with E-state index in [0.717, 1.165) is 18.9 Å². The van der Waals surface area contributed by atoms with Crippen LogP contribution in [0.25, 0.3) is 0 Å². The molecule has 9 nitrogen and oxygen atoms in total. The number of esters is 2. The first-order valence-corrected chi connectivity index (χ1v) is 12.9. The van der Waals surface area contributed by atoms with E-state index in [4.69, 9.17) is 18.9 Å². The molecule has 1 aromatic rings. The summed E-state index contributed by atoms with van der Waals surface area (Å²) in [5.41, 5.74) is -0.791. The summed E-state index contributed by atoms with van der Waals surface area (Å²) in [4.78, 5) is 36.5. The summed E-state index contributed by atoms with van der Waals surface area (Å²) in [5, 5.41) is 22.9. The molecule has 1 aliphatic rings. The van der Waals surface area contributed by atoms with Gasteiger partial charge in [0.05, 0.1) is 31.0 Å². The zero-order valence-electron chi connectivity index (χ0n) is 22.8. The monoisotopic (exact) mass is 532 g/mol. The zero-order valence-corrected chi connectivity index (χ0v) is 22.8. The highest BCUT2D eigenvalue weighted by atomic mass is 16.7. The van der Waals surface area contributed by atoms with Crippen LogP contribution in [0, 0.1) is 5.41 Å². The van der Waals surface area contributed by atoms with E-state index in [1.54, 1.807) is 51.1 Å². The van der Waals surface area contributed by atoms with Gasteiger partial charge in [0.1, 0.15) is 6.29 Å². The number of hydrogen-bond donors (Lipinski definition) is 2. The van der Waals surface area contributed by atoms with Gasteiger partial charge in [-0.2, -0.15) is 0 Å². The number of aliphatic hydroxyl groups is 2. The van der Waals surface area contributed by atoms with E-state index in [0.29, 0.717) is 12.9 Å². The largest absolute Gasteiger partial charge is 0.466 e. The maximum atomic E-state index is 13.1. The molecule has 2 rings (SSSR count). The number of allylic oxidation sites excluding steroid dienone is 1. The summed E-state index contributed by atoms with van der Waals surface area (Å²) in [5.74, 6) is -3.66. The Kier molecular flexibility index (Phi) is 11.8. The average molecular weight is 533 g/mol. The van der Waals surface area contributed by atoms with Crippen molar-refractivity contribution in [2.75, 3.05) is 13.7 Å². The van der Waals surface area contributed by atoms with E-state index in [1.165, 1.54) is 19.3 Å². The molecule has 0 aromatic heterocycles. The molecule has 0 spiro atoms. The van der Waals surface area contributed by atoms with Crippen LogP contribution in [0.15, 0.2) is 54.1 Å². The number of carbonyl (C=O) groups excluding carboxylic acids is 3.